The molecule has 75 heavy (non-hydrogen) atoms. The standard InChI is InChI=1S/C60H74Cl2F2N8O3/c1-8-59-51-28-41(26-38-14-10-9-11-15-38)56(59)68(4)36(2)31-65-50-30-44(27-39-16-19-42(61)20-17-39)69(5)57-46(35-74-7)67-55(60(50,57)58(59)73)37(3)72(51)33-40-18-21-43(62)29-49(40)75-48-23-22-45(53(63)54(48)64)47-32-66-52(70(47)6)34-71-24-12-13-25-71/h9-11,14-23,29,32,36-37,41,44,46,50-51,55-57,65,67H,8,12-13,24-28,30-31,33-35H2,1-7H3/t36-,37-,41+,44-,46+,50?,51?,55?,56?,57?,59?,60?/m0/s1. The number of ketones is 1. The summed E-state index contributed by atoms with van der Waals surface area (Å²) in [6.07, 6.45) is 7.77. The van der Waals surface area contributed by atoms with Crippen molar-refractivity contribution >= 4 is 29.0 Å². The number of piperidine rings is 1. The highest BCUT2D eigenvalue weighted by Gasteiger charge is 2.77. The van der Waals surface area contributed by atoms with Gasteiger partial charge in [-0.1, -0.05) is 78.7 Å². The van der Waals surface area contributed by atoms with Crippen LogP contribution in [0.15, 0.2) is 91.1 Å². The number of nitrogens with zero attached hydrogens (tertiary/aromatic N) is 6. The molecule has 2 bridgehead atoms. The summed E-state index contributed by atoms with van der Waals surface area (Å²) >= 11 is 13.2. The monoisotopic (exact) mass is 1060 g/mol. The van der Waals surface area contributed by atoms with Crippen molar-refractivity contribution in [3.8, 4) is 22.8 Å². The second-order valence-electron chi connectivity index (χ2n) is 22.9. The molecule has 11 rings (SSSR count). The molecule has 1 aliphatic carbocycles. The third kappa shape index (κ3) is 8.98. The van der Waals surface area contributed by atoms with E-state index < -0.39 is 22.5 Å². The number of imidazole rings is 1. The van der Waals surface area contributed by atoms with Gasteiger partial charge in [-0.3, -0.25) is 24.4 Å². The summed E-state index contributed by atoms with van der Waals surface area (Å²) in [5, 5.41) is 9.47. The molecule has 6 aliphatic rings. The van der Waals surface area contributed by atoms with E-state index in [2.05, 4.69) is 113 Å². The normalized spacial score (nSPS) is 32.3. The van der Waals surface area contributed by atoms with E-state index in [1.165, 1.54) is 17.2 Å². The number of hydrogen-bond acceptors (Lipinski definition) is 10. The molecule has 1 aromatic heterocycles. The van der Waals surface area contributed by atoms with Crippen molar-refractivity contribution in [3.63, 3.8) is 0 Å². The van der Waals surface area contributed by atoms with Crippen LogP contribution in [0, 0.1) is 28.4 Å². The minimum absolute atomic E-state index is 0.0925. The molecule has 1 spiro atoms. The number of carbonyl (C=O) groups excluding carboxylic acids is 1. The molecular formula is C60H74Cl2F2N8O3. The zero-order chi connectivity index (χ0) is 52.5. The lowest BCUT2D eigenvalue weighted by molar-refractivity contribution is -0.154. The number of aromatic nitrogens is 2. The van der Waals surface area contributed by atoms with E-state index in [1.54, 1.807) is 25.4 Å². The molecule has 5 aromatic rings. The van der Waals surface area contributed by atoms with Gasteiger partial charge in [0.2, 0.25) is 5.82 Å². The first-order valence-corrected chi connectivity index (χ1v) is 28.1. The minimum atomic E-state index is -1.09. The SMILES string of the molecule is CCC12C(=O)C34C5C[C@H](Cc6ccc(Cl)cc6)N(C)C3[C@@H](COC)NC4[C@H](C)N(Cc3ccc(Cl)cc3Oc3ccc(-c4cnc(CN6CCCC6)n4C)c(F)c3F)C1C[C@@H](Cc1ccccc1)C2N(C)[C@@H](C)CN5. The van der Waals surface area contributed by atoms with Crippen LogP contribution in [-0.2, 0) is 42.5 Å². The van der Waals surface area contributed by atoms with Crippen LogP contribution in [0.25, 0.3) is 11.3 Å². The average molecular weight is 1060 g/mol. The molecule has 11 nitrogen and oxygen atoms in total. The molecular weight excluding hydrogens is 990 g/mol. The molecule has 400 valence electrons. The number of hydrogen-bond donors (Lipinski definition) is 2. The molecule has 15 heteroatoms. The lowest BCUT2D eigenvalue weighted by Crippen LogP contribution is -2.73. The molecule has 0 amide bonds. The number of likely N-dealkylation sites (tertiary alicyclic amines) is 3. The lowest BCUT2D eigenvalue weighted by Gasteiger charge is -2.57. The number of benzene rings is 4. The average Bonchev–Trinajstić information content (AvgIpc) is 4.20. The Morgan fingerprint density at radius 1 is 0.827 bits per heavy atom. The van der Waals surface area contributed by atoms with Crippen molar-refractivity contribution < 1.29 is 23.0 Å². The third-order valence-electron chi connectivity index (χ3n) is 19.2. The van der Waals surface area contributed by atoms with Crippen LogP contribution in [0.3, 0.4) is 0 Å². The van der Waals surface area contributed by atoms with Crippen molar-refractivity contribution in [1.82, 2.24) is 39.8 Å². The minimum Gasteiger partial charge on any atom is -0.454 e. The van der Waals surface area contributed by atoms with Gasteiger partial charge in [0.15, 0.2) is 17.3 Å². The Balaban J connectivity index is 1.02. The number of halogens is 4. The second kappa shape index (κ2) is 21.2. The fraction of sp³-hybridized carbons (Fsp3) is 0.533. The zero-order valence-electron chi connectivity index (χ0n) is 44.5. The van der Waals surface area contributed by atoms with E-state index in [1.807, 2.05) is 35.9 Å². The molecule has 7 unspecified atom stereocenters. The number of ether oxygens (including phenoxy) is 2. The van der Waals surface area contributed by atoms with Crippen LogP contribution in [0.1, 0.15) is 75.4 Å². The van der Waals surface area contributed by atoms with Crippen LogP contribution < -0.4 is 15.4 Å². The number of methoxy groups -OCH3 is 1. The van der Waals surface area contributed by atoms with Gasteiger partial charge in [0.25, 0.3) is 0 Å². The molecule has 12 atom stereocenters. The fourth-order valence-corrected chi connectivity index (χ4v) is 15.9. The van der Waals surface area contributed by atoms with Gasteiger partial charge in [0.05, 0.1) is 35.9 Å². The van der Waals surface area contributed by atoms with Gasteiger partial charge in [-0.2, -0.15) is 4.39 Å². The Hall–Kier alpha value is -4.28. The van der Waals surface area contributed by atoms with Gasteiger partial charge < -0.3 is 24.7 Å². The predicted octanol–water partition coefficient (Wildman–Crippen LogP) is 9.81. The highest BCUT2D eigenvalue weighted by atomic mass is 35.5. The smallest absolute Gasteiger partial charge is 0.201 e. The molecule has 6 fully saturated rings. The summed E-state index contributed by atoms with van der Waals surface area (Å²) in [5.74, 6) is -0.715. The molecule has 5 aliphatic heterocycles. The van der Waals surface area contributed by atoms with E-state index in [-0.39, 0.29) is 71.6 Å². The van der Waals surface area contributed by atoms with Crippen LogP contribution in [0.4, 0.5) is 8.78 Å². The van der Waals surface area contributed by atoms with Gasteiger partial charge in [-0.15, -0.1) is 0 Å². The first-order valence-electron chi connectivity index (χ1n) is 27.4. The van der Waals surface area contributed by atoms with Crippen molar-refractivity contribution in [1.29, 1.82) is 0 Å². The maximum Gasteiger partial charge on any atom is 0.201 e. The number of likely N-dealkylation sites (N-methyl/N-ethyl adjacent to an activating group) is 2. The summed E-state index contributed by atoms with van der Waals surface area (Å²) < 4.78 is 47.6. The van der Waals surface area contributed by atoms with Gasteiger partial charge in [0.1, 0.15) is 11.6 Å². The quantitative estimate of drug-likeness (QED) is 0.112. The van der Waals surface area contributed by atoms with E-state index >= 15 is 13.6 Å². The Kier molecular flexibility index (Phi) is 14.9. The van der Waals surface area contributed by atoms with Crippen molar-refractivity contribution in [2.24, 2.45) is 23.8 Å². The highest BCUT2D eigenvalue weighted by Crippen LogP contribution is 2.63. The Bertz CT molecular complexity index is 2870. The number of nitrogens with one attached hydrogen (secondary N) is 2. The summed E-state index contributed by atoms with van der Waals surface area (Å²) in [6.45, 7) is 11.1. The van der Waals surface area contributed by atoms with E-state index in [0.717, 1.165) is 69.5 Å². The third-order valence-corrected chi connectivity index (χ3v) is 19.7. The Morgan fingerprint density at radius 2 is 1.56 bits per heavy atom. The van der Waals surface area contributed by atoms with E-state index in [4.69, 9.17) is 32.7 Å². The van der Waals surface area contributed by atoms with Crippen LogP contribution in [-0.4, -0.2) is 137 Å². The maximum atomic E-state index is 17.5. The largest absolute Gasteiger partial charge is 0.454 e. The summed E-state index contributed by atoms with van der Waals surface area (Å²) in [7, 11) is 8.10. The second-order valence-corrected chi connectivity index (χ2v) is 23.8. The first kappa shape index (κ1) is 52.8. The van der Waals surface area contributed by atoms with E-state index in [9.17, 15) is 0 Å². The molecule has 4 aromatic carbocycles. The Morgan fingerprint density at radius 3 is 2.29 bits per heavy atom. The number of Topliss-reactive ketones (excluding diaryl/α,β-unsaturated/α-hetero) is 1. The van der Waals surface area contributed by atoms with Crippen LogP contribution in [0.2, 0.25) is 10.0 Å². The topological polar surface area (TPSA) is 90.4 Å². The van der Waals surface area contributed by atoms with Gasteiger partial charge >= 0.3 is 0 Å². The van der Waals surface area contributed by atoms with Crippen LogP contribution >= 0.6 is 23.2 Å². The number of rotatable bonds is 14. The predicted molar refractivity (Wildman–Crippen MR) is 292 cm³/mol. The van der Waals surface area contributed by atoms with E-state index in [0.29, 0.717) is 53.4 Å². The van der Waals surface area contributed by atoms with Crippen molar-refractivity contribution in [3.05, 3.63) is 135 Å². The summed E-state index contributed by atoms with van der Waals surface area (Å²) in [4.78, 5) is 32.1. The van der Waals surface area contributed by atoms with Gasteiger partial charge in [-0.05, 0) is 139 Å². The zero-order valence-corrected chi connectivity index (χ0v) is 46.1. The maximum absolute atomic E-state index is 17.5. The molecule has 5 saturated heterocycles. The molecule has 1 saturated carbocycles. The first-order chi connectivity index (χ1) is 36.2. The summed E-state index contributed by atoms with van der Waals surface area (Å²) in [5.41, 5.74) is 2.15. The highest BCUT2D eigenvalue weighted by molar-refractivity contribution is 6.31. The molecule has 2 N–H and O–H groups in total. The van der Waals surface area contributed by atoms with Gasteiger partial charge in [-0.25, -0.2) is 9.37 Å². The van der Waals surface area contributed by atoms with Crippen LogP contribution in [0.5, 0.6) is 11.5 Å². The Labute approximate surface area is 452 Å². The van der Waals surface area contributed by atoms with Gasteiger partial charge in [0, 0.05) is 103 Å². The molecule has 0 radical (unpaired) electrons. The fourth-order valence-electron chi connectivity index (χ4n) is 15.6. The lowest BCUT2D eigenvalue weighted by atomic mass is 9.54. The molecule has 6 heterocycles. The number of carbonyl (C=O) groups is 1. The van der Waals surface area contributed by atoms with Crippen molar-refractivity contribution in [2.75, 3.05) is 47.4 Å². The summed E-state index contributed by atoms with van der Waals surface area (Å²) in [6, 6.07) is 26.5. The van der Waals surface area contributed by atoms with Crippen molar-refractivity contribution in [2.45, 2.75) is 133 Å².